The largest absolute Gasteiger partial charge is 0.268 e. The molecule has 4 nitrogen and oxygen atoms in total. The maximum atomic E-state index is 12.2. The van der Waals surface area contributed by atoms with Crippen LogP contribution in [0, 0.1) is 4.78 Å². The molecule has 0 fully saturated rings. The summed E-state index contributed by atoms with van der Waals surface area (Å²) in [6, 6.07) is 7.50. The van der Waals surface area contributed by atoms with Crippen LogP contribution in [0.4, 0.5) is 0 Å². The van der Waals surface area contributed by atoms with Crippen LogP contribution >= 0.6 is 50.5 Å². The van der Waals surface area contributed by atoms with Gasteiger partial charge in [-0.25, -0.2) is 8.99 Å². The molecular formula is C11H7BrCl2N2O2S2. The number of amides is 1. The molecule has 1 heterocycles. The molecule has 0 aliphatic carbocycles. The molecule has 0 saturated carbocycles. The van der Waals surface area contributed by atoms with Crippen LogP contribution < -0.4 is 4.72 Å². The van der Waals surface area contributed by atoms with E-state index in [-0.39, 0.29) is 14.8 Å². The van der Waals surface area contributed by atoms with Gasteiger partial charge in [-0.3, -0.25) is 9.52 Å². The topological polar surface area (TPSA) is 70.0 Å². The zero-order chi connectivity index (χ0) is 14.9. The summed E-state index contributed by atoms with van der Waals surface area (Å²) in [5.74, 6) is -0.684. The van der Waals surface area contributed by atoms with Crippen molar-refractivity contribution in [3.05, 3.63) is 49.7 Å². The lowest BCUT2D eigenvalue weighted by Crippen LogP contribution is -2.29. The van der Waals surface area contributed by atoms with Crippen molar-refractivity contribution in [1.82, 2.24) is 4.72 Å². The molecule has 0 bridgehead atoms. The monoisotopic (exact) mass is 412 g/mol. The first-order valence-electron chi connectivity index (χ1n) is 5.11. The fourth-order valence-corrected chi connectivity index (χ4v) is 4.89. The summed E-state index contributed by atoms with van der Waals surface area (Å²) >= 11 is 16.0. The first-order chi connectivity index (χ1) is 9.29. The van der Waals surface area contributed by atoms with E-state index < -0.39 is 15.8 Å². The highest BCUT2D eigenvalue weighted by Gasteiger charge is 2.19. The third-order valence-corrected chi connectivity index (χ3v) is 6.34. The Morgan fingerprint density at radius 3 is 2.55 bits per heavy atom. The molecule has 20 heavy (non-hydrogen) atoms. The van der Waals surface area contributed by atoms with Crippen molar-refractivity contribution in [2.24, 2.45) is 0 Å². The van der Waals surface area contributed by atoms with Gasteiger partial charge in [0.2, 0.25) is 0 Å². The minimum absolute atomic E-state index is 0.117. The van der Waals surface area contributed by atoms with Crippen LogP contribution in [0.25, 0.3) is 0 Å². The van der Waals surface area contributed by atoms with Gasteiger partial charge < -0.3 is 0 Å². The number of thiophene rings is 1. The van der Waals surface area contributed by atoms with Crippen LogP contribution in [-0.4, -0.2) is 10.1 Å². The van der Waals surface area contributed by atoms with Gasteiger partial charge in [-0.15, -0.1) is 11.3 Å². The summed E-state index contributed by atoms with van der Waals surface area (Å²) in [6.45, 7) is 0. The van der Waals surface area contributed by atoms with E-state index in [1.807, 2.05) is 0 Å². The van der Waals surface area contributed by atoms with E-state index in [2.05, 4.69) is 20.7 Å². The molecule has 1 atom stereocenters. The number of nitrogens with one attached hydrogen (secondary N) is 2. The van der Waals surface area contributed by atoms with E-state index in [9.17, 15) is 9.00 Å². The van der Waals surface area contributed by atoms with Crippen LogP contribution in [0.3, 0.4) is 0 Å². The second-order valence-electron chi connectivity index (χ2n) is 3.67. The van der Waals surface area contributed by atoms with Gasteiger partial charge in [-0.1, -0.05) is 23.2 Å². The van der Waals surface area contributed by atoms with Crippen LogP contribution in [0.2, 0.25) is 10.0 Å². The summed E-state index contributed by atoms with van der Waals surface area (Å²) < 4.78 is 23.2. The standard InChI is InChI=1S/C11H7BrCl2N2O2S2/c12-9-3-4-10(19-9)20(15,18)16-11(17)7-2-1-6(13)5-8(7)14/h1-5H,(H2,15,16,17,18). The van der Waals surface area contributed by atoms with Crippen LogP contribution in [0.15, 0.2) is 38.3 Å². The van der Waals surface area contributed by atoms with Gasteiger partial charge in [-0.05, 0) is 46.3 Å². The van der Waals surface area contributed by atoms with Gasteiger partial charge in [0.05, 0.1) is 14.4 Å². The third kappa shape index (κ3) is 3.53. The molecule has 0 aliphatic heterocycles. The Balaban J connectivity index is 2.27. The van der Waals surface area contributed by atoms with Crippen LogP contribution in [0.1, 0.15) is 10.4 Å². The normalized spacial score (nSPS) is 13.8. The van der Waals surface area contributed by atoms with Gasteiger partial charge in [0.25, 0.3) is 5.91 Å². The van der Waals surface area contributed by atoms with Crippen LogP contribution in [0.5, 0.6) is 0 Å². The fraction of sp³-hybridized carbons (Fsp3) is 0. The maximum absolute atomic E-state index is 12.2. The number of hydrogen-bond donors (Lipinski definition) is 2. The average molecular weight is 414 g/mol. The molecule has 2 rings (SSSR count). The molecule has 1 aromatic heterocycles. The van der Waals surface area contributed by atoms with Gasteiger partial charge in [0.15, 0.2) is 9.92 Å². The highest BCUT2D eigenvalue weighted by atomic mass is 79.9. The first kappa shape index (κ1) is 15.8. The molecule has 0 saturated heterocycles. The third-order valence-electron chi connectivity index (χ3n) is 2.24. The van der Waals surface area contributed by atoms with Crippen LogP contribution in [-0.2, 0) is 9.92 Å². The molecule has 0 radical (unpaired) electrons. The van der Waals surface area contributed by atoms with E-state index >= 15 is 0 Å². The molecular weight excluding hydrogens is 407 g/mol. The first-order valence-corrected chi connectivity index (χ1v) is 9.03. The zero-order valence-electron chi connectivity index (χ0n) is 9.65. The second kappa shape index (κ2) is 6.03. The SMILES string of the molecule is N=S(=O)(NC(=O)c1ccc(Cl)cc1Cl)c1ccc(Br)s1. The molecule has 1 amide bonds. The Morgan fingerprint density at radius 2 is 2.00 bits per heavy atom. The van der Waals surface area contributed by atoms with Crippen molar-refractivity contribution < 1.29 is 9.00 Å². The molecule has 1 aromatic carbocycles. The predicted octanol–water partition coefficient (Wildman–Crippen LogP) is 4.57. The lowest BCUT2D eigenvalue weighted by atomic mass is 10.2. The molecule has 0 aliphatic rings. The van der Waals surface area contributed by atoms with Gasteiger partial charge >= 0.3 is 0 Å². The van der Waals surface area contributed by atoms with Crippen molar-refractivity contribution in [2.45, 2.75) is 4.21 Å². The molecule has 1 unspecified atom stereocenters. The highest BCUT2D eigenvalue weighted by Crippen LogP contribution is 2.27. The number of hydrogen-bond acceptors (Lipinski definition) is 4. The van der Waals surface area contributed by atoms with E-state index in [0.29, 0.717) is 5.02 Å². The maximum Gasteiger partial charge on any atom is 0.265 e. The van der Waals surface area contributed by atoms with Crippen molar-refractivity contribution >= 4 is 66.3 Å². The number of benzene rings is 1. The van der Waals surface area contributed by atoms with Crippen molar-refractivity contribution in [1.29, 1.82) is 4.78 Å². The van der Waals surface area contributed by atoms with E-state index in [1.54, 1.807) is 6.07 Å². The Morgan fingerprint density at radius 1 is 1.30 bits per heavy atom. The van der Waals surface area contributed by atoms with E-state index in [0.717, 1.165) is 15.1 Å². The Labute approximate surface area is 138 Å². The van der Waals surface area contributed by atoms with Gasteiger partial charge in [0, 0.05) is 5.02 Å². The summed E-state index contributed by atoms with van der Waals surface area (Å²) in [5, 5.41) is 0.526. The smallest absolute Gasteiger partial charge is 0.265 e. The highest BCUT2D eigenvalue weighted by molar-refractivity contribution is 9.11. The number of carbonyl (C=O) groups is 1. The Hall–Kier alpha value is -0.600. The summed E-state index contributed by atoms with van der Waals surface area (Å²) in [6.07, 6.45) is 0. The minimum atomic E-state index is -3.42. The fourth-order valence-electron chi connectivity index (χ4n) is 1.36. The zero-order valence-corrected chi connectivity index (χ0v) is 14.4. The summed E-state index contributed by atoms with van der Waals surface area (Å²) in [4.78, 5) is 12.0. The molecule has 0 spiro atoms. The van der Waals surface area contributed by atoms with Crippen molar-refractivity contribution in [3.63, 3.8) is 0 Å². The van der Waals surface area contributed by atoms with Gasteiger partial charge in [0.1, 0.15) is 4.21 Å². The number of halogens is 3. The molecule has 9 heteroatoms. The van der Waals surface area contributed by atoms with Crippen molar-refractivity contribution in [3.8, 4) is 0 Å². The molecule has 2 aromatic rings. The van der Waals surface area contributed by atoms with Gasteiger partial charge in [-0.2, -0.15) is 0 Å². The molecule has 2 N–H and O–H groups in total. The minimum Gasteiger partial charge on any atom is -0.268 e. The predicted molar refractivity (Wildman–Crippen MR) is 85.1 cm³/mol. The average Bonchev–Trinajstić information content (AvgIpc) is 2.75. The molecule has 106 valence electrons. The lowest BCUT2D eigenvalue weighted by molar-refractivity contribution is 0.0982. The number of carbonyl (C=O) groups excluding carboxylic acids is 1. The van der Waals surface area contributed by atoms with Crippen molar-refractivity contribution in [2.75, 3.05) is 0 Å². The number of rotatable bonds is 3. The lowest BCUT2D eigenvalue weighted by Gasteiger charge is -2.09. The van der Waals surface area contributed by atoms with E-state index in [1.165, 1.54) is 24.3 Å². The van der Waals surface area contributed by atoms with E-state index in [4.69, 9.17) is 28.0 Å². The quantitative estimate of drug-likeness (QED) is 0.773. The Kier molecular flexibility index (Phi) is 4.76. The second-order valence-corrected chi connectivity index (χ2v) is 8.99. The summed E-state index contributed by atoms with van der Waals surface area (Å²) in [5.41, 5.74) is 0.117. The Bertz CT molecular complexity index is 774. The summed E-state index contributed by atoms with van der Waals surface area (Å²) in [7, 11) is -3.42.